The van der Waals surface area contributed by atoms with Crippen LogP contribution in [-0.2, 0) is 0 Å². The van der Waals surface area contributed by atoms with E-state index in [4.69, 9.17) is 11.6 Å². The number of aromatic nitrogens is 2. The Labute approximate surface area is 131 Å². The van der Waals surface area contributed by atoms with Crippen LogP contribution in [0.5, 0.6) is 0 Å². The third kappa shape index (κ3) is 2.46. The first kappa shape index (κ1) is 14.3. The highest BCUT2D eigenvalue weighted by atomic mass is 35.5. The number of carbonyl (C=O) groups excluding carboxylic acids is 1. The van der Waals surface area contributed by atoms with Crippen molar-refractivity contribution in [2.75, 3.05) is 5.32 Å². The van der Waals surface area contributed by atoms with Crippen LogP contribution >= 0.6 is 11.6 Å². The summed E-state index contributed by atoms with van der Waals surface area (Å²) in [5.41, 5.74) is 1.36. The molecule has 0 aliphatic rings. The lowest BCUT2D eigenvalue weighted by molar-refractivity contribution is 0.102. The average Bonchev–Trinajstić information content (AvgIpc) is 2.52. The Bertz CT molecular complexity index is 934. The molecule has 0 aliphatic heterocycles. The van der Waals surface area contributed by atoms with Gasteiger partial charge in [-0.15, -0.1) is 0 Å². The van der Waals surface area contributed by atoms with E-state index in [-0.39, 0.29) is 5.56 Å². The zero-order chi connectivity index (χ0) is 15.7. The number of hydrogen-bond acceptors (Lipinski definition) is 3. The number of hydrogen-bond donors (Lipinski definition) is 1. The Kier molecular flexibility index (Phi) is 3.65. The van der Waals surface area contributed by atoms with Crippen LogP contribution in [0, 0.1) is 6.92 Å². The van der Waals surface area contributed by atoms with Crippen LogP contribution in [0.2, 0.25) is 5.02 Å². The van der Waals surface area contributed by atoms with Crippen molar-refractivity contribution in [2.45, 2.75) is 6.92 Å². The number of amides is 1. The molecule has 0 aliphatic carbocycles. The maximum absolute atomic E-state index is 12.3. The summed E-state index contributed by atoms with van der Waals surface area (Å²) in [7, 11) is 0. The number of carbonyl (C=O) groups is 1. The molecule has 0 saturated heterocycles. The largest absolute Gasteiger partial charge is 0.321 e. The summed E-state index contributed by atoms with van der Waals surface area (Å²) in [6.07, 6.45) is 2.86. The Hall–Kier alpha value is -2.66. The first-order chi connectivity index (χ1) is 10.6. The smallest absolute Gasteiger partial charge is 0.270 e. The Morgan fingerprint density at radius 3 is 2.86 bits per heavy atom. The predicted molar refractivity (Wildman–Crippen MR) is 85.6 cm³/mol. The van der Waals surface area contributed by atoms with Crippen molar-refractivity contribution >= 4 is 28.8 Å². The van der Waals surface area contributed by atoms with E-state index in [2.05, 4.69) is 10.3 Å². The molecule has 2 heterocycles. The second-order valence-electron chi connectivity index (χ2n) is 4.77. The Morgan fingerprint density at radius 1 is 1.23 bits per heavy atom. The van der Waals surface area contributed by atoms with Crippen LogP contribution < -0.4 is 10.9 Å². The molecule has 0 fully saturated rings. The van der Waals surface area contributed by atoms with Gasteiger partial charge >= 0.3 is 0 Å². The van der Waals surface area contributed by atoms with Crippen LogP contribution in [-0.4, -0.2) is 15.3 Å². The molecule has 5 nitrogen and oxygen atoms in total. The van der Waals surface area contributed by atoms with Crippen molar-refractivity contribution < 1.29 is 4.79 Å². The fourth-order valence-electron chi connectivity index (χ4n) is 2.11. The van der Waals surface area contributed by atoms with Gasteiger partial charge in [0.05, 0.1) is 0 Å². The monoisotopic (exact) mass is 313 g/mol. The van der Waals surface area contributed by atoms with E-state index in [9.17, 15) is 9.59 Å². The Balaban J connectivity index is 2.01. The topological polar surface area (TPSA) is 63.5 Å². The van der Waals surface area contributed by atoms with E-state index >= 15 is 0 Å². The average molecular weight is 314 g/mol. The summed E-state index contributed by atoms with van der Waals surface area (Å²) in [6, 6.07) is 10.4. The molecule has 3 aromatic rings. The van der Waals surface area contributed by atoms with Gasteiger partial charge in [0, 0.05) is 23.1 Å². The molecule has 0 bridgehead atoms. The second kappa shape index (κ2) is 5.61. The first-order valence-electron chi connectivity index (χ1n) is 6.61. The number of fused-ring (bicyclic) bond motifs is 1. The van der Waals surface area contributed by atoms with Crippen molar-refractivity contribution in [1.29, 1.82) is 0 Å². The van der Waals surface area contributed by atoms with Gasteiger partial charge in [-0.1, -0.05) is 23.7 Å². The van der Waals surface area contributed by atoms with Gasteiger partial charge in [0.25, 0.3) is 11.5 Å². The molecule has 6 heteroatoms. The van der Waals surface area contributed by atoms with E-state index in [1.165, 1.54) is 10.6 Å². The highest BCUT2D eigenvalue weighted by Gasteiger charge is 2.14. The molecule has 1 N–H and O–H groups in total. The van der Waals surface area contributed by atoms with Crippen LogP contribution in [0.1, 0.15) is 15.9 Å². The normalized spacial score (nSPS) is 10.6. The van der Waals surface area contributed by atoms with Crippen LogP contribution in [0.4, 0.5) is 5.69 Å². The van der Waals surface area contributed by atoms with Crippen LogP contribution in [0.3, 0.4) is 0 Å². The lowest BCUT2D eigenvalue weighted by atomic mass is 10.2. The summed E-state index contributed by atoms with van der Waals surface area (Å²) in [5.74, 6) is -0.513. The number of nitrogens with zero attached hydrogens (tertiary/aromatic N) is 2. The summed E-state index contributed by atoms with van der Waals surface area (Å²) < 4.78 is 1.33. The molecule has 0 spiro atoms. The van der Waals surface area contributed by atoms with Crippen molar-refractivity contribution in [1.82, 2.24) is 9.38 Å². The van der Waals surface area contributed by atoms with Crippen molar-refractivity contribution in [3.05, 3.63) is 75.3 Å². The molecule has 0 radical (unpaired) electrons. The minimum atomic E-state index is -0.513. The van der Waals surface area contributed by atoms with Gasteiger partial charge in [0.2, 0.25) is 0 Å². The highest BCUT2D eigenvalue weighted by Crippen LogP contribution is 2.23. The standard InChI is InChI=1S/C16H12ClN3O2/c1-10-12(17)5-4-6-13(10)19-15(21)11-9-18-14-7-2-3-8-20(14)16(11)22/h2-9H,1H3,(H,19,21). The van der Waals surface area contributed by atoms with Gasteiger partial charge in [-0.2, -0.15) is 0 Å². The molecular formula is C16H12ClN3O2. The van der Waals surface area contributed by atoms with Gasteiger partial charge in [-0.25, -0.2) is 4.98 Å². The number of halogens is 1. The zero-order valence-corrected chi connectivity index (χ0v) is 12.5. The molecule has 110 valence electrons. The molecule has 0 unspecified atom stereocenters. The number of benzene rings is 1. The first-order valence-corrected chi connectivity index (χ1v) is 6.98. The maximum Gasteiger partial charge on any atom is 0.270 e. The van der Waals surface area contributed by atoms with E-state index < -0.39 is 11.5 Å². The fraction of sp³-hybridized carbons (Fsp3) is 0.0625. The molecule has 1 amide bonds. The summed E-state index contributed by atoms with van der Waals surface area (Å²) in [6.45, 7) is 1.80. The highest BCUT2D eigenvalue weighted by molar-refractivity contribution is 6.31. The van der Waals surface area contributed by atoms with Crippen molar-refractivity contribution in [3.63, 3.8) is 0 Å². The van der Waals surface area contributed by atoms with Gasteiger partial charge < -0.3 is 5.32 Å². The molecule has 3 rings (SSSR count). The molecule has 22 heavy (non-hydrogen) atoms. The Morgan fingerprint density at radius 2 is 2.05 bits per heavy atom. The van der Waals surface area contributed by atoms with E-state index in [0.29, 0.717) is 16.4 Å². The molecule has 0 atom stereocenters. The van der Waals surface area contributed by atoms with Gasteiger partial charge in [-0.3, -0.25) is 14.0 Å². The third-order valence-electron chi connectivity index (χ3n) is 3.37. The quantitative estimate of drug-likeness (QED) is 0.791. The summed E-state index contributed by atoms with van der Waals surface area (Å²) in [5, 5.41) is 3.24. The third-order valence-corrected chi connectivity index (χ3v) is 3.78. The lowest BCUT2D eigenvalue weighted by Crippen LogP contribution is -2.26. The maximum atomic E-state index is 12.3. The van der Waals surface area contributed by atoms with E-state index in [1.54, 1.807) is 49.5 Å². The minimum absolute atomic E-state index is 0.0249. The number of rotatable bonds is 2. The number of nitrogens with one attached hydrogen (secondary N) is 1. The van der Waals surface area contributed by atoms with Crippen LogP contribution in [0.25, 0.3) is 5.65 Å². The van der Waals surface area contributed by atoms with Crippen LogP contribution in [0.15, 0.2) is 53.6 Å². The summed E-state index contributed by atoms with van der Waals surface area (Å²) >= 11 is 6.02. The van der Waals surface area contributed by atoms with E-state index in [1.807, 2.05) is 0 Å². The van der Waals surface area contributed by atoms with Crippen molar-refractivity contribution in [2.24, 2.45) is 0 Å². The van der Waals surface area contributed by atoms with Gasteiger partial charge in [0.1, 0.15) is 11.2 Å². The zero-order valence-electron chi connectivity index (χ0n) is 11.7. The SMILES string of the molecule is Cc1c(Cl)cccc1NC(=O)c1cnc2ccccn2c1=O. The van der Waals surface area contributed by atoms with Gasteiger partial charge in [0.15, 0.2) is 0 Å². The fourth-order valence-corrected chi connectivity index (χ4v) is 2.29. The van der Waals surface area contributed by atoms with Crippen molar-refractivity contribution in [3.8, 4) is 0 Å². The number of pyridine rings is 1. The minimum Gasteiger partial charge on any atom is -0.321 e. The lowest BCUT2D eigenvalue weighted by Gasteiger charge is -2.09. The summed E-state index contributed by atoms with van der Waals surface area (Å²) in [4.78, 5) is 28.8. The number of anilines is 1. The second-order valence-corrected chi connectivity index (χ2v) is 5.18. The predicted octanol–water partition coefficient (Wildman–Crippen LogP) is 2.91. The van der Waals surface area contributed by atoms with E-state index in [0.717, 1.165) is 5.56 Å². The molecule has 1 aromatic carbocycles. The molecule has 0 saturated carbocycles. The van der Waals surface area contributed by atoms with Gasteiger partial charge in [-0.05, 0) is 36.8 Å². The molecule has 2 aromatic heterocycles. The molecular weight excluding hydrogens is 302 g/mol.